The Balaban J connectivity index is 1.46. The fraction of sp³-hybridized carbons (Fsp3) is 0.222. The molecule has 0 radical (unpaired) electrons. The van der Waals surface area contributed by atoms with Crippen molar-refractivity contribution in [2.24, 2.45) is 0 Å². The van der Waals surface area contributed by atoms with E-state index in [1.54, 1.807) is 0 Å². The van der Waals surface area contributed by atoms with Crippen molar-refractivity contribution in [2.45, 2.75) is 25.9 Å². The molecule has 33 heavy (non-hydrogen) atoms. The van der Waals surface area contributed by atoms with E-state index in [1.807, 2.05) is 35.0 Å². The van der Waals surface area contributed by atoms with Gasteiger partial charge in [0.05, 0.1) is 12.6 Å². The van der Waals surface area contributed by atoms with Crippen molar-refractivity contribution in [3.05, 3.63) is 119 Å². The Hall–Kier alpha value is -3.64. The first-order valence-electron chi connectivity index (χ1n) is 11.2. The lowest BCUT2D eigenvalue weighted by Crippen LogP contribution is -2.35. The van der Waals surface area contributed by atoms with Gasteiger partial charge in [-0.05, 0) is 58.2 Å². The second-order valence-electron chi connectivity index (χ2n) is 8.47. The molecule has 5 rings (SSSR count). The van der Waals surface area contributed by atoms with E-state index in [0.717, 1.165) is 36.5 Å². The fourth-order valence-corrected chi connectivity index (χ4v) is 4.39. The third-order valence-electron chi connectivity index (χ3n) is 6.19. The Morgan fingerprint density at radius 2 is 1.70 bits per heavy atom. The molecule has 3 aromatic carbocycles. The Bertz CT molecular complexity index is 1230. The highest BCUT2D eigenvalue weighted by molar-refractivity contribution is 5.66. The Morgan fingerprint density at radius 3 is 2.39 bits per heavy atom. The highest BCUT2D eigenvalue weighted by atomic mass is 19.1. The maximum absolute atomic E-state index is 13.3. The van der Waals surface area contributed by atoms with Gasteiger partial charge in [-0.3, -0.25) is 4.90 Å². The zero-order valence-electron chi connectivity index (χ0n) is 18.6. The van der Waals surface area contributed by atoms with Crippen molar-refractivity contribution in [1.82, 2.24) is 25.1 Å². The predicted molar refractivity (Wildman–Crippen MR) is 127 cm³/mol. The minimum Gasteiger partial charge on any atom is -0.286 e. The number of halogens is 1. The SMILES string of the molecule is Cc1ccc([C@@H](c2nnnn2Cc2ccccc2)N2CC=C(c3ccc(F)cc3)CC2)cc1. The second-order valence-corrected chi connectivity index (χ2v) is 8.47. The van der Waals surface area contributed by atoms with Gasteiger partial charge < -0.3 is 0 Å². The number of aromatic nitrogens is 4. The van der Waals surface area contributed by atoms with Crippen LogP contribution < -0.4 is 0 Å². The molecule has 0 N–H and O–H groups in total. The number of aryl methyl sites for hydroxylation is 1. The summed E-state index contributed by atoms with van der Waals surface area (Å²) in [7, 11) is 0. The Kier molecular flexibility index (Phi) is 6.09. The molecule has 2 heterocycles. The van der Waals surface area contributed by atoms with Gasteiger partial charge in [-0.2, -0.15) is 0 Å². The average molecular weight is 440 g/mol. The van der Waals surface area contributed by atoms with Crippen LogP contribution in [0, 0.1) is 12.7 Å². The standard InChI is InChI=1S/C27H26FN5/c1-20-7-9-24(10-8-20)26(27-29-30-31-33(27)19-21-5-3-2-4-6-21)32-17-15-23(16-18-32)22-11-13-25(28)14-12-22/h2-15,26H,16-19H2,1H3/t26-/m0/s1. The molecule has 1 aliphatic heterocycles. The normalized spacial score (nSPS) is 15.3. The second kappa shape index (κ2) is 9.46. The summed E-state index contributed by atoms with van der Waals surface area (Å²) < 4.78 is 15.2. The number of rotatable bonds is 6. The summed E-state index contributed by atoms with van der Waals surface area (Å²) in [6, 6.07) is 25.6. The lowest BCUT2D eigenvalue weighted by atomic mass is 9.96. The summed E-state index contributed by atoms with van der Waals surface area (Å²) in [6.07, 6.45) is 3.12. The number of tetrazole rings is 1. The summed E-state index contributed by atoms with van der Waals surface area (Å²) in [5, 5.41) is 12.8. The van der Waals surface area contributed by atoms with Gasteiger partial charge in [0.15, 0.2) is 5.82 Å². The first-order valence-corrected chi connectivity index (χ1v) is 11.2. The van der Waals surface area contributed by atoms with Crippen molar-refractivity contribution in [3.8, 4) is 0 Å². The van der Waals surface area contributed by atoms with Crippen LogP contribution in [0.1, 0.15) is 40.5 Å². The van der Waals surface area contributed by atoms with Crippen LogP contribution in [0.5, 0.6) is 0 Å². The zero-order valence-corrected chi connectivity index (χ0v) is 18.6. The molecule has 0 saturated heterocycles. The van der Waals surface area contributed by atoms with Crippen LogP contribution in [0.4, 0.5) is 4.39 Å². The molecule has 0 saturated carbocycles. The van der Waals surface area contributed by atoms with Gasteiger partial charge in [0.1, 0.15) is 5.82 Å². The summed E-state index contributed by atoms with van der Waals surface area (Å²) in [5.41, 5.74) is 5.88. The van der Waals surface area contributed by atoms with E-state index in [-0.39, 0.29) is 11.9 Å². The Labute approximate surface area is 193 Å². The van der Waals surface area contributed by atoms with Crippen LogP contribution in [0.3, 0.4) is 0 Å². The minimum absolute atomic E-state index is 0.0599. The highest BCUT2D eigenvalue weighted by Crippen LogP contribution is 2.32. The summed E-state index contributed by atoms with van der Waals surface area (Å²) in [6.45, 7) is 4.34. The molecule has 0 spiro atoms. The summed E-state index contributed by atoms with van der Waals surface area (Å²) in [4.78, 5) is 2.41. The molecular weight excluding hydrogens is 413 g/mol. The van der Waals surface area contributed by atoms with Crippen LogP contribution in [0.15, 0.2) is 84.9 Å². The van der Waals surface area contributed by atoms with E-state index in [2.05, 4.69) is 69.8 Å². The molecule has 0 aliphatic carbocycles. The van der Waals surface area contributed by atoms with Crippen molar-refractivity contribution >= 4 is 5.57 Å². The maximum atomic E-state index is 13.3. The zero-order chi connectivity index (χ0) is 22.6. The first kappa shape index (κ1) is 21.2. The lowest BCUT2D eigenvalue weighted by molar-refractivity contribution is 0.235. The van der Waals surface area contributed by atoms with Crippen LogP contribution >= 0.6 is 0 Å². The molecular formula is C27H26FN5. The smallest absolute Gasteiger partial charge is 0.173 e. The van der Waals surface area contributed by atoms with Crippen molar-refractivity contribution in [3.63, 3.8) is 0 Å². The molecule has 1 aliphatic rings. The molecule has 0 unspecified atom stereocenters. The van der Waals surface area contributed by atoms with Gasteiger partial charge in [0, 0.05) is 13.1 Å². The maximum Gasteiger partial charge on any atom is 0.173 e. The molecule has 0 bridgehead atoms. The number of nitrogens with zero attached hydrogens (tertiary/aromatic N) is 5. The van der Waals surface area contributed by atoms with Crippen molar-refractivity contribution < 1.29 is 4.39 Å². The fourth-order valence-electron chi connectivity index (χ4n) is 4.39. The van der Waals surface area contributed by atoms with E-state index in [0.29, 0.717) is 6.54 Å². The predicted octanol–water partition coefficient (Wildman–Crippen LogP) is 5.05. The van der Waals surface area contributed by atoms with E-state index in [4.69, 9.17) is 0 Å². The number of hydrogen-bond acceptors (Lipinski definition) is 4. The molecule has 5 nitrogen and oxygen atoms in total. The molecule has 0 fully saturated rings. The highest BCUT2D eigenvalue weighted by Gasteiger charge is 2.29. The van der Waals surface area contributed by atoms with Gasteiger partial charge in [-0.15, -0.1) is 5.10 Å². The van der Waals surface area contributed by atoms with Crippen molar-refractivity contribution in [2.75, 3.05) is 13.1 Å². The summed E-state index contributed by atoms with van der Waals surface area (Å²) in [5.74, 6) is 0.628. The number of benzene rings is 3. The van der Waals surface area contributed by atoms with Crippen molar-refractivity contribution in [1.29, 1.82) is 0 Å². The quantitative estimate of drug-likeness (QED) is 0.422. The molecule has 1 atom stereocenters. The molecule has 4 aromatic rings. The van der Waals surface area contributed by atoms with Gasteiger partial charge >= 0.3 is 0 Å². The molecule has 1 aromatic heterocycles. The topological polar surface area (TPSA) is 46.8 Å². The minimum atomic E-state index is -0.207. The van der Waals surface area contributed by atoms with Gasteiger partial charge in [-0.25, -0.2) is 9.07 Å². The number of hydrogen-bond donors (Lipinski definition) is 0. The lowest BCUT2D eigenvalue weighted by Gasteiger charge is -2.33. The molecule has 166 valence electrons. The van der Waals surface area contributed by atoms with E-state index >= 15 is 0 Å². The van der Waals surface area contributed by atoms with Gasteiger partial charge in [0.25, 0.3) is 0 Å². The largest absolute Gasteiger partial charge is 0.286 e. The monoisotopic (exact) mass is 439 g/mol. The molecule has 0 amide bonds. The van der Waals surface area contributed by atoms with Crippen LogP contribution in [0.25, 0.3) is 5.57 Å². The van der Waals surface area contributed by atoms with Crippen LogP contribution in [0.2, 0.25) is 0 Å². The van der Waals surface area contributed by atoms with Gasteiger partial charge in [-0.1, -0.05) is 78.4 Å². The third kappa shape index (κ3) is 4.76. The van der Waals surface area contributed by atoms with Crippen LogP contribution in [-0.4, -0.2) is 38.2 Å². The average Bonchev–Trinajstić information content (AvgIpc) is 3.30. The van der Waals surface area contributed by atoms with E-state index in [1.165, 1.54) is 28.8 Å². The molecule has 6 heteroatoms. The first-order chi connectivity index (χ1) is 16.2. The van der Waals surface area contributed by atoms with Crippen LogP contribution in [-0.2, 0) is 6.54 Å². The van der Waals surface area contributed by atoms with Gasteiger partial charge in [0.2, 0.25) is 0 Å². The van der Waals surface area contributed by atoms with E-state index < -0.39 is 0 Å². The third-order valence-corrected chi connectivity index (χ3v) is 6.19. The Morgan fingerprint density at radius 1 is 0.939 bits per heavy atom. The van der Waals surface area contributed by atoms with E-state index in [9.17, 15) is 4.39 Å². The summed E-state index contributed by atoms with van der Waals surface area (Å²) >= 11 is 0.